The summed E-state index contributed by atoms with van der Waals surface area (Å²) >= 11 is 5.88. The maximum Gasteiger partial charge on any atom is 0.253 e. The predicted molar refractivity (Wildman–Crippen MR) is 97.0 cm³/mol. The van der Waals surface area contributed by atoms with Crippen LogP contribution < -0.4 is 10.2 Å². The normalized spacial score (nSPS) is 16.8. The van der Waals surface area contributed by atoms with Gasteiger partial charge < -0.3 is 15.0 Å². The molecule has 6 nitrogen and oxygen atoms in total. The third-order valence-electron chi connectivity index (χ3n) is 4.01. The highest BCUT2D eigenvalue weighted by Gasteiger charge is 2.27. The average molecular weight is 370 g/mol. The molecule has 2 aromatic carbocycles. The molecule has 1 atom stereocenters. The molecular formula is C19H16ClN3O3. The monoisotopic (exact) mass is 369 g/mol. The lowest BCUT2D eigenvalue weighted by atomic mass is 10.1. The van der Waals surface area contributed by atoms with Gasteiger partial charge in [-0.3, -0.25) is 9.59 Å². The Bertz CT molecular complexity index is 861. The molecule has 3 rings (SSSR count). The van der Waals surface area contributed by atoms with E-state index in [9.17, 15) is 9.59 Å². The van der Waals surface area contributed by atoms with E-state index < -0.39 is 0 Å². The van der Waals surface area contributed by atoms with E-state index in [1.807, 2.05) is 6.07 Å². The fraction of sp³-hybridized carbons (Fsp3) is 0.211. The molecule has 0 aliphatic carbocycles. The van der Waals surface area contributed by atoms with Gasteiger partial charge in [0.05, 0.1) is 24.3 Å². The van der Waals surface area contributed by atoms with Gasteiger partial charge in [-0.2, -0.15) is 5.26 Å². The van der Waals surface area contributed by atoms with E-state index in [1.165, 1.54) is 6.07 Å². The first-order chi connectivity index (χ1) is 12.6. The summed E-state index contributed by atoms with van der Waals surface area (Å²) in [6.07, 6.45) is -0.327. The topological polar surface area (TPSA) is 82.4 Å². The Kier molecular flexibility index (Phi) is 5.52. The molecule has 1 unspecified atom stereocenters. The van der Waals surface area contributed by atoms with Gasteiger partial charge in [-0.15, -0.1) is 0 Å². The first kappa shape index (κ1) is 17.9. The van der Waals surface area contributed by atoms with Crippen LogP contribution in [0.4, 0.5) is 5.69 Å². The highest BCUT2D eigenvalue weighted by molar-refractivity contribution is 6.30. The molecule has 1 aliphatic rings. The van der Waals surface area contributed by atoms with Crippen molar-refractivity contribution in [3.05, 3.63) is 64.7 Å². The summed E-state index contributed by atoms with van der Waals surface area (Å²) in [5.41, 5.74) is 1.57. The van der Waals surface area contributed by atoms with Gasteiger partial charge in [-0.05, 0) is 42.5 Å². The number of carbonyl (C=O) groups is 2. The molecule has 0 radical (unpaired) electrons. The standard InChI is InChI=1S/C19H16ClN3O3/c20-15-4-6-16(7-5-15)23-11-17(26-12-18(23)24)10-22-19(25)14-3-1-2-13(8-14)9-21/h1-8,17H,10-12H2,(H,22,25). The summed E-state index contributed by atoms with van der Waals surface area (Å²) in [4.78, 5) is 26.0. The Balaban J connectivity index is 1.61. The second-order valence-corrected chi connectivity index (χ2v) is 6.25. The van der Waals surface area contributed by atoms with Gasteiger partial charge in [0, 0.05) is 22.8 Å². The molecule has 1 N–H and O–H groups in total. The van der Waals surface area contributed by atoms with Crippen LogP contribution in [0.15, 0.2) is 48.5 Å². The van der Waals surface area contributed by atoms with Crippen molar-refractivity contribution in [3.8, 4) is 6.07 Å². The molecule has 26 heavy (non-hydrogen) atoms. The van der Waals surface area contributed by atoms with E-state index >= 15 is 0 Å². The van der Waals surface area contributed by atoms with Gasteiger partial charge in [0.15, 0.2) is 0 Å². The lowest BCUT2D eigenvalue weighted by Crippen LogP contribution is -2.50. The van der Waals surface area contributed by atoms with E-state index in [1.54, 1.807) is 47.4 Å². The van der Waals surface area contributed by atoms with Crippen molar-refractivity contribution in [2.24, 2.45) is 0 Å². The van der Waals surface area contributed by atoms with E-state index in [0.29, 0.717) is 22.7 Å². The van der Waals surface area contributed by atoms with Crippen LogP contribution in [0.3, 0.4) is 0 Å². The molecule has 0 spiro atoms. The van der Waals surface area contributed by atoms with E-state index in [2.05, 4.69) is 5.32 Å². The molecule has 2 aromatic rings. The smallest absolute Gasteiger partial charge is 0.253 e. The molecule has 1 saturated heterocycles. The maximum absolute atomic E-state index is 12.2. The Labute approximate surface area is 155 Å². The summed E-state index contributed by atoms with van der Waals surface area (Å²) in [6, 6.07) is 15.5. The second-order valence-electron chi connectivity index (χ2n) is 5.82. The number of carbonyl (C=O) groups excluding carboxylic acids is 2. The molecule has 0 saturated carbocycles. The molecule has 0 aromatic heterocycles. The molecule has 0 bridgehead atoms. The zero-order valence-corrected chi connectivity index (χ0v) is 14.6. The zero-order valence-electron chi connectivity index (χ0n) is 13.8. The summed E-state index contributed by atoms with van der Waals surface area (Å²) in [5.74, 6) is -0.433. The van der Waals surface area contributed by atoms with E-state index in [-0.39, 0.29) is 31.1 Å². The van der Waals surface area contributed by atoms with Crippen molar-refractivity contribution < 1.29 is 14.3 Å². The first-order valence-electron chi connectivity index (χ1n) is 8.02. The van der Waals surface area contributed by atoms with Crippen molar-refractivity contribution in [2.45, 2.75) is 6.10 Å². The van der Waals surface area contributed by atoms with Gasteiger partial charge in [0.2, 0.25) is 0 Å². The largest absolute Gasteiger partial charge is 0.365 e. The molecule has 132 valence electrons. The second kappa shape index (κ2) is 8.00. The average Bonchev–Trinajstić information content (AvgIpc) is 2.68. The number of benzene rings is 2. The fourth-order valence-corrected chi connectivity index (χ4v) is 2.78. The lowest BCUT2D eigenvalue weighted by molar-refractivity contribution is -0.129. The Morgan fingerprint density at radius 3 is 2.81 bits per heavy atom. The first-order valence-corrected chi connectivity index (χ1v) is 8.40. The number of hydrogen-bond donors (Lipinski definition) is 1. The number of nitriles is 1. The number of anilines is 1. The Morgan fingerprint density at radius 1 is 1.31 bits per heavy atom. The van der Waals surface area contributed by atoms with Gasteiger partial charge in [-0.1, -0.05) is 17.7 Å². The van der Waals surface area contributed by atoms with Crippen molar-refractivity contribution in [1.29, 1.82) is 5.26 Å². The molecular weight excluding hydrogens is 354 g/mol. The van der Waals surface area contributed by atoms with Gasteiger partial charge in [0.25, 0.3) is 11.8 Å². The number of amides is 2. The third-order valence-corrected chi connectivity index (χ3v) is 4.26. The quantitative estimate of drug-likeness (QED) is 0.897. The van der Waals surface area contributed by atoms with E-state index in [4.69, 9.17) is 21.6 Å². The minimum atomic E-state index is -0.327. The highest BCUT2D eigenvalue weighted by atomic mass is 35.5. The van der Waals surface area contributed by atoms with Crippen molar-refractivity contribution in [1.82, 2.24) is 5.32 Å². The third kappa shape index (κ3) is 4.20. The van der Waals surface area contributed by atoms with Crippen LogP contribution in [-0.2, 0) is 9.53 Å². The molecule has 1 aliphatic heterocycles. The van der Waals surface area contributed by atoms with Crippen molar-refractivity contribution in [2.75, 3.05) is 24.6 Å². The molecule has 1 fully saturated rings. The molecule has 2 amide bonds. The minimum absolute atomic E-state index is 0.0485. The highest BCUT2D eigenvalue weighted by Crippen LogP contribution is 2.21. The molecule has 1 heterocycles. The number of nitrogens with zero attached hydrogens (tertiary/aromatic N) is 2. The fourth-order valence-electron chi connectivity index (χ4n) is 2.66. The zero-order chi connectivity index (χ0) is 18.5. The van der Waals surface area contributed by atoms with Gasteiger partial charge >= 0.3 is 0 Å². The number of hydrogen-bond acceptors (Lipinski definition) is 4. The summed E-state index contributed by atoms with van der Waals surface area (Å²) in [6.45, 7) is 0.541. The van der Waals surface area contributed by atoms with Crippen LogP contribution >= 0.6 is 11.6 Å². The number of halogens is 1. The predicted octanol–water partition coefficient (Wildman–Crippen LogP) is 2.37. The lowest BCUT2D eigenvalue weighted by Gasteiger charge is -2.32. The summed E-state index contributed by atoms with van der Waals surface area (Å²) in [7, 11) is 0. The van der Waals surface area contributed by atoms with Gasteiger partial charge in [-0.25, -0.2) is 0 Å². The van der Waals surface area contributed by atoms with Crippen LogP contribution in [-0.4, -0.2) is 37.6 Å². The number of morpholine rings is 1. The summed E-state index contributed by atoms with van der Waals surface area (Å²) in [5, 5.41) is 12.3. The van der Waals surface area contributed by atoms with Crippen molar-refractivity contribution >= 4 is 29.1 Å². The number of rotatable bonds is 4. The Hall–Kier alpha value is -2.88. The minimum Gasteiger partial charge on any atom is -0.365 e. The van der Waals surface area contributed by atoms with Crippen LogP contribution in [0.1, 0.15) is 15.9 Å². The van der Waals surface area contributed by atoms with Gasteiger partial charge in [0.1, 0.15) is 6.61 Å². The maximum atomic E-state index is 12.2. The van der Waals surface area contributed by atoms with Crippen LogP contribution in [0.25, 0.3) is 0 Å². The van der Waals surface area contributed by atoms with Crippen LogP contribution in [0, 0.1) is 11.3 Å². The Morgan fingerprint density at radius 2 is 2.08 bits per heavy atom. The molecule has 7 heteroatoms. The van der Waals surface area contributed by atoms with Crippen molar-refractivity contribution in [3.63, 3.8) is 0 Å². The summed E-state index contributed by atoms with van der Waals surface area (Å²) < 4.78 is 5.51. The van der Waals surface area contributed by atoms with E-state index in [0.717, 1.165) is 5.69 Å². The number of nitrogens with one attached hydrogen (secondary N) is 1. The van der Waals surface area contributed by atoms with Crippen LogP contribution in [0.5, 0.6) is 0 Å². The number of ether oxygens (including phenoxy) is 1. The SMILES string of the molecule is N#Cc1cccc(C(=O)NCC2CN(c3ccc(Cl)cc3)C(=O)CO2)c1. The van der Waals surface area contributed by atoms with Crippen LogP contribution in [0.2, 0.25) is 5.02 Å².